The van der Waals surface area contributed by atoms with E-state index < -0.39 is 0 Å². The average molecular weight is 363 g/mol. The number of para-hydroxylation sites is 1. The fraction of sp³-hybridized carbons (Fsp3) is 0.318. The molecule has 0 radical (unpaired) electrons. The van der Waals surface area contributed by atoms with E-state index in [9.17, 15) is 0 Å². The molecule has 140 valence electrons. The maximum atomic E-state index is 5.77. The summed E-state index contributed by atoms with van der Waals surface area (Å²) in [5.74, 6) is 1.57. The van der Waals surface area contributed by atoms with E-state index >= 15 is 0 Å². The Kier molecular flexibility index (Phi) is 5.23. The lowest BCUT2D eigenvalue weighted by Crippen LogP contribution is -2.45. The third-order valence-corrected chi connectivity index (χ3v) is 5.23. The molecule has 3 aromatic rings. The highest BCUT2D eigenvalue weighted by atomic mass is 16.5. The number of fused-ring (bicyclic) bond motifs is 1. The van der Waals surface area contributed by atoms with Crippen molar-refractivity contribution in [1.29, 1.82) is 0 Å². The number of methoxy groups -OCH3 is 2. The molecule has 4 rings (SSSR count). The minimum Gasteiger partial charge on any atom is -0.493 e. The number of rotatable bonds is 5. The Morgan fingerprint density at radius 2 is 1.85 bits per heavy atom. The van der Waals surface area contributed by atoms with Gasteiger partial charge in [-0.3, -0.25) is 9.88 Å². The van der Waals surface area contributed by atoms with Gasteiger partial charge in [-0.1, -0.05) is 24.3 Å². The van der Waals surface area contributed by atoms with Crippen LogP contribution in [-0.4, -0.2) is 50.3 Å². The fourth-order valence-corrected chi connectivity index (χ4v) is 3.93. The van der Waals surface area contributed by atoms with Crippen LogP contribution in [0.5, 0.6) is 11.5 Å². The van der Waals surface area contributed by atoms with Crippen LogP contribution < -0.4 is 14.8 Å². The van der Waals surface area contributed by atoms with Crippen LogP contribution in [-0.2, 0) is 0 Å². The largest absolute Gasteiger partial charge is 0.493 e. The van der Waals surface area contributed by atoms with E-state index in [1.54, 1.807) is 14.2 Å². The lowest BCUT2D eigenvalue weighted by molar-refractivity contribution is 0.194. The number of benzene rings is 2. The van der Waals surface area contributed by atoms with Gasteiger partial charge >= 0.3 is 0 Å². The zero-order valence-corrected chi connectivity index (χ0v) is 15.8. The number of nitrogens with zero attached hydrogens (tertiary/aromatic N) is 2. The molecule has 0 amide bonds. The first-order chi connectivity index (χ1) is 13.3. The number of hydrogen-bond acceptors (Lipinski definition) is 5. The van der Waals surface area contributed by atoms with Crippen LogP contribution in [0.25, 0.3) is 10.8 Å². The summed E-state index contributed by atoms with van der Waals surface area (Å²) in [5.41, 5.74) is 2.38. The number of nitrogens with one attached hydrogen (secondary N) is 1. The van der Waals surface area contributed by atoms with Crippen molar-refractivity contribution >= 4 is 10.8 Å². The molecule has 0 bridgehead atoms. The van der Waals surface area contributed by atoms with Crippen molar-refractivity contribution in [2.24, 2.45) is 0 Å². The second-order valence-corrected chi connectivity index (χ2v) is 6.75. The van der Waals surface area contributed by atoms with Gasteiger partial charge in [0.25, 0.3) is 0 Å². The highest BCUT2D eigenvalue weighted by Crippen LogP contribution is 2.40. The molecule has 1 saturated heterocycles. The van der Waals surface area contributed by atoms with Gasteiger partial charge in [0.1, 0.15) is 0 Å². The molecule has 1 fully saturated rings. The highest BCUT2D eigenvalue weighted by Gasteiger charge is 2.28. The topological polar surface area (TPSA) is 46.6 Å². The first-order valence-corrected chi connectivity index (χ1v) is 9.31. The van der Waals surface area contributed by atoms with Crippen molar-refractivity contribution in [1.82, 2.24) is 15.2 Å². The Labute approximate surface area is 159 Å². The van der Waals surface area contributed by atoms with Gasteiger partial charge in [0, 0.05) is 49.5 Å². The summed E-state index contributed by atoms with van der Waals surface area (Å²) >= 11 is 0. The first-order valence-electron chi connectivity index (χ1n) is 9.31. The van der Waals surface area contributed by atoms with Gasteiger partial charge in [-0.05, 0) is 29.1 Å². The Hall–Kier alpha value is -2.63. The standard InChI is InChI=1S/C22H25N3O2/c1-26-20-5-3-4-19(22(20)27-2)21(25-12-10-23-11-13-25)17-6-7-18-15-24-9-8-16(18)14-17/h3-9,14-15,21,23H,10-13H2,1-2H3. The summed E-state index contributed by atoms with van der Waals surface area (Å²) in [5, 5.41) is 5.80. The summed E-state index contributed by atoms with van der Waals surface area (Å²) in [7, 11) is 3.40. The lowest BCUT2D eigenvalue weighted by Gasteiger charge is -2.36. The summed E-state index contributed by atoms with van der Waals surface area (Å²) in [6.07, 6.45) is 3.75. The van der Waals surface area contributed by atoms with E-state index in [2.05, 4.69) is 45.5 Å². The van der Waals surface area contributed by atoms with E-state index in [1.165, 1.54) is 10.9 Å². The van der Waals surface area contributed by atoms with E-state index in [-0.39, 0.29) is 6.04 Å². The molecule has 2 aromatic carbocycles. The second kappa shape index (κ2) is 7.94. The minimum absolute atomic E-state index is 0.106. The molecule has 5 heteroatoms. The van der Waals surface area contributed by atoms with Crippen LogP contribution in [0.15, 0.2) is 54.9 Å². The predicted molar refractivity (Wildman–Crippen MR) is 108 cm³/mol. The molecule has 1 aliphatic heterocycles. The molecule has 1 unspecified atom stereocenters. The molecule has 2 heterocycles. The van der Waals surface area contributed by atoms with Crippen LogP contribution in [0.2, 0.25) is 0 Å². The number of pyridine rings is 1. The van der Waals surface area contributed by atoms with Crippen molar-refractivity contribution in [3.63, 3.8) is 0 Å². The van der Waals surface area contributed by atoms with Gasteiger partial charge < -0.3 is 14.8 Å². The van der Waals surface area contributed by atoms with Crippen LogP contribution in [0, 0.1) is 0 Å². The highest BCUT2D eigenvalue weighted by molar-refractivity contribution is 5.82. The Bertz CT molecular complexity index is 922. The van der Waals surface area contributed by atoms with Crippen molar-refractivity contribution in [3.05, 3.63) is 66.0 Å². The summed E-state index contributed by atoms with van der Waals surface area (Å²) < 4.78 is 11.3. The Morgan fingerprint density at radius 3 is 2.63 bits per heavy atom. The molecule has 5 nitrogen and oxygen atoms in total. The predicted octanol–water partition coefficient (Wildman–Crippen LogP) is 3.25. The molecule has 27 heavy (non-hydrogen) atoms. The van der Waals surface area contributed by atoms with E-state index in [0.717, 1.165) is 48.6 Å². The van der Waals surface area contributed by atoms with Gasteiger partial charge in [0.2, 0.25) is 0 Å². The van der Waals surface area contributed by atoms with E-state index in [1.807, 2.05) is 24.5 Å². The quantitative estimate of drug-likeness (QED) is 0.754. The fourth-order valence-electron chi connectivity index (χ4n) is 3.93. The zero-order valence-electron chi connectivity index (χ0n) is 15.8. The Balaban J connectivity index is 1.86. The van der Waals surface area contributed by atoms with Crippen LogP contribution >= 0.6 is 0 Å². The van der Waals surface area contributed by atoms with Crippen LogP contribution in [0.4, 0.5) is 0 Å². The molecule has 1 aromatic heterocycles. The van der Waals surface area contributed by atoms with E-state index in [4.69, 9.17) is 9.47 Å². The molecule has 0 aliphatic carbocycles. The molecular weight excluding hydrogens is 338 g/mol. The molecule has 0 saturated carbocycles. The maximum Gasteiger partial charge on any atom is 0.165 e. The monoisotopic (exact) mass is 363 g/mol. The molecule has 0 spiro atoms. The third-order valence-electron chi connectivity index (χ3n) is 5.23. The van der Waals surface area contributed by atoms with Crippen molar-refractivity contribution in [2.45, 2.75) is 6.04 Å². The first kappa shape index (κ1) is 17.8. The SMILES string of the molecule is COc1cccc(C(c2ccc3cnccc3c2)N2CCNCC2)c1OC. The maximum absolute atomic E-state index is 5.77. The number of hydrogen-bond donors (Lipinski definition) is 1. The summed E-state index contributed by atoms with van der Waals surface area (Å²) in [4.78, 5) is 6.74. The molecule has 1 N–H and O–H groups in total. The summed E-state index contributed by atoms with van der Waals surface area (Å²) in [6, 6.07) is 14.9. The third kappa shape index (κ3) is 3.48. The number of ether oxygens (including phenoxy) is 2. The van der Waals surface area contributed by atoms with E-state index in [0.29, 0.717) is 0 Å². The van der Waals surface area contributed by atoms with Crippen molar-refractivity contribution in [2.75, 3.05) is 40.4 Å². The van der Waals surface area contributed by atoms with Gasteiger partial charge in [0.15, 0.2) is 11.5 Å². The van der Waals surface area contributed by atoms with Crippen LogP contribution in [0.1, 0.15) is 17.2 Å². The second-order valence-electron chi connectivity index (χ2n) is 6.75. The summed E-state index contributed by atoms with van der Waals surface area (Å²) in [6.45, 7) is 3.94. The van der Waals surface area contributed by atoms with Crippen molar-refractivity contribution in [3.8, 4) is 11.5 Å². The lowest BCUT2D eigenvalue weighted by atomic mass is 9.93. The van der Waals surface area contributed by atoms with Gasteiger partial charge in [-0.15, -0.1) is 0 Å². The van der Waals surface area contributed by atoms with Gasteiger partial charge in [-0.25, -0.2) is 0 Å². The molecule has 1 atom stereocenters. The van der Waals surface area contributed by atoms with Crippen molar-refractivity contribution < 1.29 is 9.47 Å². The van der Waals surface area contributed by atoms with Gasteiger partial charge in [0.05, 0.1) is 20.3 Å². The molecular formula is C22H25N3O2. The Morgan fingerprint density at radius 1 is 1.00 bits per heavy atom. The number of piperazine rings is 1. The minimum atomic E-state index is 0.106. The average Bonchev–Trinajstić information content (AvgIpc) is 2.74. The van der Waals surface area contributed by atoms with Crippen LogP contribution in [0.3, 0.4) is 0 Å². The smallest absolute Gasteiger partial charge is 0.165 e. The zero-order chi connectivity index (χ0) is 18.6. The van der Waals surface area contributed by atoms with Gasteiger partial charge in [-0.2, -0.15) is 0 Å². The molecule has 1 aliphatic rings. The normalized spacial score (nSPS) is 16.2. The number of aromatic nitrogens is 1.